The van der Waals surface area contributed by atoms with Gasteiger partial charge in [0, 0.05) is 12.0 Å². The molecule has 0 radical (unpaired) electrons. The maximum absolute atomic E-state index is 12.6. The highest BCUT2D eigenvalue weighted by molar-refractivity contribution is 5.79. The Balaban J connectivity index is 1.97. The molecule has 0 aromatic carbocycles. The Morgan fingerprint density at radius 1 is 1.25 bits per heavy atom. The van der Waals surface area contributed by atoms with Gasteiger partial charge in [-0.25, -0.2) is 0 Å². The van der Waals surface area contributed by atoms with Gasteiger partial charge in [-0.05, 0) is 55.9 Å². The van der Waals surface area contributed by atoms with Crippen LogP contribution in [0.5, 0.6) is 0 Å². The van der Waals surface area contributed by atoms with E-state index in [9.17, 15) is 4.79 Å². The Hall–Kier alpha value is -0.570. The number of nitrogens with one attached hydrogen (secondary N) is 1. The van der Waals surface area contributed by atoms with Crippen molar-refractivity contribution in [2.45, 2.75) is 65.3 Å². The minimum atomic E-state index is 0.171. The molecule has 2 fully saturated rings. The molecule has 0 aromatic heterocycles. The van der Waals surface area contributed by atoms with Crippen LogP contribution in [0.1, 0.15) is 59.3 Å². The van der Waals surface area contributed by atoms with Crippen LogP contribution < -0.4 is 11.1 Å². The normalized spacial score (nSPS) is 38.1. The SMILES string of the molecule is CC1CCC(C(C)C)C(NC(=O)[C@@H]2CCC[C@@H]2CN)C1. The average Bonchev–Trinajstić information content (AvgIpc) is 2.86. The highest BCUT2D eigenvalue weighted by atomic mass is 16.2. The van der Waals surface area contributed by atoms with Crippen LogP contribution in [0.3, 0.4) is 0 Å². The van der Waals surface area contributed by atoms with Crippen molar-refractivity contribution in [3.05, 3.63) is 0 Å². The van der Waals surface area contributed by atoms with Gasteiger partial charge in [0.15, 0.2) is 0 Å². The van der Waals surface area contributed by atoms with E-state index >= 15 is 0 Å². The third-order valence-corrected chi connectivity index (χ3v) is 5.65. The van der Waals surface area contributed by atoms with Crippen molar-refractivity contribution in [3.8, 4) is 0 Å². The molecular weight excluding hydrogens is 248 g/mol. The lowest BCUT2D eigenvalue weighted by Gasteiger charge is -2.38. The fraction of sp³-hybridized carbons (Fsp3) is 0.941. The summed E-state index contributed by atoms with van der Waals surface area (Å²) in [5.41, 5.74) is 5.81. The van der Waals surface area contributed by atoms with E-state index < -0.39 is 0 Å². The average molecular weight is 280 g/mol. The van der Waals surface area contributed by atoms with Gasteiger partial charge >= 0.3 is 0 Å². The van der Waals surface area contributed by atoms with Crippen LogP contribution in [0.25, 0.3) is 0 Å². The standard InChI is InChI=1S/C17H32N2O/c1-11(2)14-8-7-12(3)9-16(14)19-17(20)15-6-4-5-13(15)10-18/h11-16H,4-10,18H2,1-3H3,(H,19,20)/t12?,13-,14?,15-,16?/m1/s1. The van der Waals surface area contributed by atoms with Gasteiger partial charge in [-0.15, -0.1) is 0 Å². The van der Waals surface area contributed by atoms with Crippen molar-refractivity contribution in [3.63, 3.8) is 0 Å². The maximum Gasteiger partial charge on any atom is 0.223 e. The second-order valence-corrected chi connectivity index (χ2v) is 7.47. The van der Waals surface area contributed by atoms with Gasteiger partial charge in [-0.3, -0.25) is 4.79 Å². The van der Waals surface area contributed by atoms with Gasteiger partial charge in [0.2, 0.25) is 5.91 Å². The summed E-state index contributed by atoms with van der Waals surface area (Å²) in [5, 5.41) is 3.39. The molecule has 116 valence electrons. The van der Waals surface area contributed by atoms with Crippen molar-refractivity contribution in [2.24, 2.45) is 35.3 Å². The monoisotopic (exact) mass is 280 g/mol. The molecule has 3 N–H and O–H groups in total. The van der Waals surface area contributed by atoms with E-state index in [0.717, 1.165) is 31.6 Å². The molecule has 2 rings (SSSR count). The number of nitrogens with two attached hydrogens (primary N) is 1. The predicted molar refractivity (Wildman–Crippen MR) is 83.2 cm³/mol. The Kier molecular flexibility index (Phi) is 5.48. The van der Waals surface area contributed by atoms with E-state index in [0.29, 0.717) is 30.3 Å². The van der Waals surface area contributed by atoms with E-state index in [2.05, 4.69) is 26.1 Å². The van der Waals surface area contributed by atoms with E-state index in [1.165, 1.54) is 12.8 Å². The van der Waals surface area contributed by atoms with Gasteiger partial charge in [-0.1, -0.05) is 33.6 Å². The summed E-state index contributed by atoms with van der Waals surface area (Å²) >= 11 is 0. The molecule has 0 spiro atoms. The third-order valence-electron chi connectivity index (χ3n) is 5.65. The Morgan fingerprint density at radius 3 is 2.65 bits per heavy atom. The van der Waals surface area contributed by atoms with Crippen molar-refractivity contribution in [1.29, 1.82) is 0 Å². The fourth-order valence-electron chi connectivity index (χ4n) is 4.32. The van der Waals surface area contributed by atoms with Crippen molar-refractivity contribution >= 4 is 5.91 Å². The molecular formula is C17H32N2O. The Morgan fingerprint density at radius 2 is 2.00 bits per heavy atom. The van der Waals surface area contributed by atoms with Crippen LogP contribution in [0, 0.1) is 29.6 Å². The molecule has 1 amide bonds. The molecule has 0 saturated heterocycles. The minimum Gasteiger partial charge on any atom is -0.353 e. The minimum absolute atomic E-state index is 0.171. The zero-order valence-electron chi connectivity index (χ0n) is 13.4. The smallest absolute Gasteiger partial charge is 0.223 e. The van der Waals surface area contributed by atoms with Gasteiger partial charge < -0.3 is 11.1 Å². The van der Waals surface area contributed by atoms with Gasteiger partial charge in [0.05, 0.1) is 0 Å². The number of hydrogen-bond donors (Lipinski definition) is 2. The molecule has 2 saturated carbocycles. The summed E-state index contributed by atoms with van der Waals surface area (Å²) < 4.78 is 0. The molecule has 0 aliphatic heterocycles. The molecule has 2 aliphatic carbocycles. The quantitative estimate of drug-likeness (QED) is 0.832. The Bertz CT molecular complexity index is 329. The zero-order chi connectivity index (χ0) is 14.7. The number of carbonyl (C=O) groups is 1. The highest BCUT2D eigenvalue weighted by Gasteiger charge is 2.36. The summed E-state index contributed by atoms with van der Waals surface area (Å²) in [6.07, 6.45) is 7.04. The zero-order valence-corrected chi connectivity index (χ0v) is 13.4. The first-order chi connectivity index (χ1) is 9.52. The number of amides is 1. The van der Waals surface area contributed by atoms with Gasteiger partial charge in [0.25, 0.3) is 0 Å². The largest absolute Gasteiger partial charge is 0.353 e. The van der Waals surface area contributed by atoms with E-state index in [-0.39, 0.29) is 11.8 Å². The molecule has 5 atom stereocenters. The fourth-order valence-corrected chi connectivity index (χ4v) is 4.32. The van der Waals surface area contributed by atoms with Crippen LogP contribution >= 0.6 is 0 Å². The summed E-state index contributed by atoms with van der Waals surface area (Å²) in [5.74, 6) is 2.90. The first-order valence-corrected chi connectivity index (χ1v) is 8.53. The molecule has 0 heterocycles. The molecule has 20 heavy (non-hydrogen) atoms. The van der Waals surface area contributed by atoms with Crippen molar-refractivity contribution < 1.29 is 4.79 Å². The Labute approximate surface area is 124 Å². The maximum atomic E-state index is 12.6. The van der Waals surface area contributed by atoms with E-state index in [1.54, 1.807) is 0 Å². The third kappa shape index (κ3) is 3.55. The first-order valence-electron chi connectivity index (χ1n) is 8.53. The molecule has 0 aromatic rings. The number of hydrogen-bond acceptors (Lipinski definition) is 2. The van der Waals surface area contributed by atoms with Crippen LogP contribution in [0.4, 0.5) is 0 Å². The van der Waals surface area contributed by atoms with Gasteiger partial charge in [0.1, 0.15) is 0 Å². The number of rotatable bonds is 4. The molecule has 3 nitrogen and oxygen atoms in total. The molecule has 3 unspecified atom stereocenters. The molecule has 2 aliphatic rings. The van der Waals surface area contributed by atoms with Gasteiger partial charge in [-0.2, -0.15) is 0 Å². The lowest BCUT2D eigenvalue weighted by molar-refractivity contribution is -0.127. The summed E-state index contributed by atoms with van der Waals surface area (Å²) in [7, 11) is 0. The van der Waals surface area contributed by atoms with Crippen LogP contribution in [-0.4, -0.2) is 18.5 Å². The van der Waals surface area contributed by atoms with Crippen molar-refractivity contribution in [1.82, 2.24) is 5.32 Å². The molecule has 3 heteroatoms. The van der Waals surface area contributed by atoms with E-state index in [4.69, 9.17) is 5.73 Å². The van der Waals surface area contributed by atoms with E-state index in [1.807, 2.05) is 0 Å². The van der Waals surface area contributed by atoms with Crippen molar-refractivity contribution in [2.75, 3.05) is 6.54 Å². The summed E-state index contributed by atoms with van der Waals surface area (Å²) in [4.78, 5) is 12.6. The van der Waals surface area contributed by atoms with Crippen LogP contribution in [0.15, 0.2) is 0 Å². The highest BCUT2D eigenvalue weighted by Crippen LogP contribution is 2.35. The number of carbonyl (C=O) groups excluding carboxylic acids is 1. The first kappa shape index (κ1) is 15.8. The van der Waals surface area contributed by atoms with Crippen LogP contribution in [-0.2, 0) is 4.79 Å². The lowest BCUT2D eigenvalue weighted by atomic mass is 9.74. The summed E-state index contributed by atoms with van der Waals surface area (Å²) in [6.45, 7) is 7.55. The lowest BCUT2D eigenvalue weighted by Crippen LogP contribution is -2.48. The molecule has 0 bridgehead atoms. The second-order valence-electron chi connectivity index (χ2n) is 7.47. The van der Waals surface area contributed by atoms with Crippen LogP contribution in [0.2, 0.25) is 0 Å². The summed E-state index contributed by atoms with van der Waals surface area (Å²) in [6, 6.07) is 0.380. The second kappa shape index (κ2) is 6.93. The predicted octanol–water partition coefficient (Wildman–Crippen LogP) is 2.94. The topological polar surface area (TPSA) is 55.1 Å².